The van der Waals surface area contributed by atoms with Gasteiger partial charge in [0.15, 0.2) is 0 Å². The van der Waals surface area contributed by atoms with Gasteiger partial charge in [0, 0.05) is 10.9 Å². The van der Waals surface area contributed by atoms with Crippen LogP contribution in [0, 0.1) is 5.92 Å². The summed E-state index contributed by atoms with van der Waals surface area (Å²) in [5.41, 5.74) is 1.13. The first-order chi connectivity index (χ1) is 8.31. The molecule has 2 aromatic rings. The van der Waals surface area contributed by atoms with Crippen LogP contribution in [0.3, 0.4) is 0 Å². The van der Waals surface area contributed by atoms with Gasteiger partial charge in [0.05, 0.1) is 15.2 Å². The van der Waals surface area contributed by atoms with Crippen molar-refractivity contribution in [1.29, 1.82) is 0 Å². The highest BCUT2D eigenvalue weighted by Gasteiger charge is 2.15. The van der Waals surface area contributed by atoms with Crippen LogP contribution in [0.25, 0.3) is 10.2 Å². The number of thiazole rings is 1. The minimum atomic E-state index is 0.820. The van der Waals surface area contributed by atoms with Crippen molar-refractivity contribution >= 4 is 37.5 Å². The predicted octanol–water partition coefficient (Wildman–Crippen LogP) is 3.60. The van der Waals surface area contributed by atoms with Gasteiger partial charge in [-0.25, -0.2) is 4.98 Å². The molecule has 17 heavy (non-hydrogen) atoms. The number of piperidine rings is 1. The van der Waals surface area contributed by atoms with Gasteiger partial charge < -0.3 is 5.32 Å². The third-order valence-corrected chi connectivity index (χ3v) is 4.87. The van der Waals surface area contributed by atoms with Gasteiger partial charge >= 0.3 is 0 Å². The Hall–Kier alpha value is -0.450. The quantitative estimate of drug-likeness (QED) is 0.916. The Morgan fingerprint density at radius 3 is 3.00 bits per heavy atom. The van der Waals surface area contributed by atoms with Crippen LogP contribution < -0.4 is 5.32 Å². The van der Waals surface area contributed by atoms with Crippen LogP contribution in [-0.2, 0) is 6.42 Å². The molecular formula is C13H15BrN2S. The molecule has 2 heterocycles. The summed E-state index contributed by atoms with van der Waals surface area (Å²) in [6.07, 6.45) is 3.73. The van der Waals surface area contributed by atoms with Crippen LogP contribution in [0.2, 0.25) is 0 Å². The first-order valence-corrected chi connectivity index (χ1v) is 7.68. The van der Waals surface area contributed by atoms with Crippen molar-refractivity contribution in [3.8, 4) is 0 Å². The van der Waals surface area contributed by atoms with Crippen molar-refractivity contribution < 1.29 is 0 Å². The molecule has 1 N–H and O–H groups in total. The van der Waals surface area contributed by atoms with E-state index in [9.17, 15) is 0 Å². The average molecular weight is 311 g/mol. The molecule has 0 radical (unpaired) electrons. The van der Waals surface area contributed by atoms with E-state index in [1.807, 2.05) is 11.3 Å². The monoisotopic (exact) mass is 310 g/mol. The van der Waals surface area contributed by atoms with Gasteiger partial charge in [0.1, 0.15) is 0 Å². The lowest BCUT2D eigenvalue weighted by Crippen LogP contribution is -2.28. The highest BCUT2D eigenvalue weighted by atomic mass is 79.9. The Morgan fingerprint density at radius 1 is 1.35 bits per heavy atom. The number of benzene rings is 1. The maximum atomic E-state index is 4.74. The average Bonchev–Trinajstić information content (AvgIpc) is 2.71. The highest BCUT2D eigenvalue weighted by molar-refractivity contribution is 9.10. The molecule has 1 aromatic heterocycles. The van der Waals surface area contributed by atoms with Crippen molar-refractivity contribution in [2.75, 3.05) is 13.1 Å². The van der Waals surface area contributed by atoms with Gasteiger partial charge in [0.25, 0.3) is 0 Å². The maximum Gasteiger partial charge on any atom is 0.0941 e. The van der Waals surface area contributed by atoms with E-state index < -0.39 is 0 Å². The molecule has 0 amide bonds. The molecule has 1 saturated heterocycles. The second-order valence-electron chi connectivity index (χ2n) is 4.62. The van der Waals surface area contributed by atoms with Crippen LogP contribution in [0.1, 0.15) is 17.8 Å². The van der Waals surface area contributed by atoms with Crippen molar-refractivity contribution in [3.05, 3.63) is 27.7 Å². The molecule has 0 bridgehead atoms. The van der Waals surface area contributed by atoms with Crippen molar-refractivity contribution in [2.45, 2.75) is 19.3 Å². The largest absolute Gasteiger partial charge is 0.317 e. The molecule has 4 heteroatoms. The summed E-state index contributed by atoms with van der Waals surface area (Å²) in [6, 6.07) is 6.36. The summed E-state index contributed by atoms with van der Waals surface area (Å²) in [5.74, 6) is 0.820. The van der Waals surface area contributed by atoms with E-state index in [2.05, 4.69) is 39.4 Å². The summed E-state index contributed by atoms with van der Waals surface area (Å²) in [6.45, 7) is 2.34. The van der Waals surface area contributed by atoms with Crippen LogP contribution >= 0.6 is 27.3 Å². The lowest BCUT2D eigenvalue weighted by molar-refractivity contribution is 0.372. The first-order valence-electron chi connectivity index (χ1n) is 6.07. The summed E-state index contributed by atoms with van der Waals surface area (Å²) in [5, 5.41) is 4.71. The minimum Gasteiger partial charge on any atom is -0.317 e. The molecule has 1 fully saturated rings. The van der Waals surface area contributed by atoms with Crippen LogP contribution in [0.4, 0.5) is 0 Å². The Labute approximate surface area is 114 Å². The molecule has 0 saturated carbocycles. The molecule has 0 spiro atoms. The molecule has 0 atom stereocenters. The molecule has 0 unspecified atom stereocenters. The minimum absolute atomic E-state index is 0.820. The van der Waals surface area contributed by atoms with E-state index >= 15 is 0 Å². The predicted molar refractivity (Wildman–Crippen MR) is 76.6 cm³/mol. The summed E-state index contributed by atoms with van der Waals surface area (Å²) >= 11 is 5.34. The van der Waals surface area contributed by atoms with Crippen LogP contribution in [-0.4, -0.2) is 18.1 Å². The van der Waals surface area contributed by atoms with Crippen LogP contribution in [0.5, 0.6) is 0 Å². The second kappa shape index (κ2) is 5.04. The van der Waals surface area contributed by atoms with E-state index in [0.717, 1.165) is 22.3 Å². The maximum absolute atomic E-state index is 4.74. The zero-order chi connectivity index (χ0) is 11.7. The summed E-state index contributed by atoms with van der Waals surface area (Å²) in [4.78, 5) is 4.74. The lowest BCUT2D eigenvalue weighted by Gasteiger charge is -2.21. The van der Waals surface area contributed by atoms with E-state index in [4.69, 9.17) is 4.98 Å². The topological polar surface area (TPSA) is 24.9 Å². The first kappa shape index (κ1) is 11.6. The fourth-order valence-corrected chi connectivity index (χ4v) is 3.78. The molecule has 1 aliphatic rings. The molecule has 0 aliphatic carbocycles. The van der Waals surface area contributed by atoms with E-state index in [1.165, 1.54) is 35.6 Å². The van der Waals surface area contributed by atoms with Crippen molar-refractivity contribution in [2.24, 2.45) is 5.92 Å². The van der Waals surface area contributed by atoms with Gasteiger partial charge in [-0.05, 0) is 50.0 Å². The fraction of sp³-hybridized carbons (Fsp3) is 0.462. The number of fused-ring (bicyclic) bond motifs is 1. The molecule has 1 aliphatic heterocycles. The third kappa shape index (κ3) is 2.69. The molecule has 1 aromatic carbocycles. The smallest absolute Gasteiger partial charge is 0.0941 e. The standard InChI is InChI=1S/C13H15BrN2S/c14-10-1-2-12-11(8-10)16-13(17-12)7-9-3-5-15-6-4-9/h1-2,8-9,15H,3-7H2. The van der Waals surface area contributed by atoms with Crippen LogP contribution in [0.15, 0.2) is 22.7 Å². The number of aromatic nitrogens is 1. The van der Waals surface area contributed by atoms with Gasteiger partial charge in [0.2, 0.25) is 0 Å². The van der Waals surface area contributed by atoms with Crippen molar-refractivity contribution in [3.63, 3.8) is 0 Å². The summed E-state index contributed by atoms with van der Waals surface area (Å²) in [7, 11) is 0. The van der Waals surface area contributed by atoms with Crippen molar-refractivity contribution in [1.82, 2.24) is 10.3 Å². The molecule has 3 rings (SSSR count). The van der Waals surface area contributed by atoms with Gasteiger partial charge in [-0.3, -0.25) is 0 Å². The van der Waals surface area contributed by atoms with Gasteiger partial charge in [-0.1, -0.05) is 15.9 Å². The van der Waals surface area contributed by atoms with Gasteiger partial charge in [-0.2, -0.15) is 0 Å². The Balaban J connectivity index is 1.80. The van der Waals surface area contributed by atoms with E-state index in [0.29, 0.717) is 0 Å². The molecule has 2 nitrogen and oxygen atoms in total. The zero-order valence-corrected chi connectivity index (χ0v) is 12.0. The SMILES string of the molecule is Brc1ccc2sc(CC3CCNCC3)nc2c1. The second-order valence-corrected chi connectivity index (χ2v) is 6.65. The molecule has 90 valence electrons. The molecular weight excluding hydrogens is 296 g/mol. The third-order valence-electron chi connectivity index (χ3n) is 3.32. The van der Waals surface area contributed by atoms with E-state index in [-0.39, 0.29) is 0 Å². The number of rotatable bonds is 2. The highest BCUT2D eigenvalue weighted by Crippen LogP contribution is 2.28. The fourth-order valence-electron chi connectivity index (χ4n) is 2.37. The number of nitrogens with one attached hydrogen (secondary N) is 1. The lowest BCUT2D eigenvalue weighted by atomic mass is 9.95. The number of halogens is 1. The van der Waals surface area contributed by atoms with Gasteiger partial charge in [-0.15, -0.1) is 11.3 Å². The Kier molecular flexibility index (Phi) is 3.45. The number of nitrogens with zero attached hydrogens (tertiary/aromatic N) is 1. The van der Waals surface area contributed by atoms with E-state index in [1.54, 1.807) is 0 Å². The normalized spacial score (nSPS) is 17.7. The Morgan fingerprint density at radius 2 is 2.18 bits per heavy atom. The number of hydrogen-bond acceptors (Lipinski definition) is 3. The summed E-state index contributed by atoms with van der Waals surface area (Å²) < 4.78 is 2.42. The Bertz CT molecular complexity index is 517. The zero-order valence-electron chi connectivity index (χ0n) is 9.58. The number of hydrogen-bond donors (Lipinski definition) is 1.